The number of nitrogens with one attached hydrogen (secondary N) is 1. The molecular weight excluding hydrogens is 170 g/mol. The lowest BCUT2D eigenvalue weighted by molar-refractivity contribution is 0.232. The molecule has 12 heavy (non-hydrogen) atoms. The maximum absolute atomic E-state index is 5.64. The van der Waals surface area contributed by atoms with Crippen LogP contribution in [0.5, 0.6) is 0 Å². The third kappa shape index (κ3) is 2.55. The van der Waals surface area contributed by atoms with Gasteiger partial charge >= 0.3 is 8.72 Å². The van der Waals surface area contributed by atoms with Crippen molar-refractivity contribution in [2.45, 2.75) is 32.2 Å². The molecule has 1 unspecified atom stereocenters. The monoisotopic (exact) mass is 189 g/mol. The summed E-state index contributed by atoms with van der Waals surface area (Å²) in [5.41, 5.74) is 0. The van der Waals surface area contributed by atoms with Gasteiger partial charge < -0.3 is 8.85 Å². The number of hydrogen-bond acceptors (Lipinski definition) is 3. The van der Waals surface area contributed by atoms with Gasteiger partial charge in [-0.2, -0.15) is 0 Å². The van der Waals surface area contributed by atoms with Crippen LogP contribution in [0.25, 0.3) is 0 Å². The Morgan fingerprint density at radius 3 is 2.83 bits per heavy atom. The Hall–Kier alpha value is 0.0969. The summed E-state index contributed by atoms with van der Waals surface area (Å²) in [4.78, 5) is 3.37. The summed E-state index contributed by atoms with van der Waals surface area (Å²) in [5, 5.41) is 0. The third-order valence-electron chi connectivity index (χ3n) is 2.27. The molecule has 1 saturated heterocycles. The summed E-state index contributed by atoms with van der Waals surface area (Å²) in [5.74, 6) is 0. The highest BCUT2D eigenvalue weighted by Crippen LogP contribution is 2.17. The van der Waals surface area contributed by atoms with Gasteiger partial charge in [-0.15, -0.1) is 0 Å². The van der Waals surface area contributed by atoms with Gasteiger partial charge in [-0.3, -0.25) is 4.98 Å². The van der Waals surface area contributed by atoms with E-state index in [2.05, 4.69) is 11.9 Å². The van der Waals surface area contributed by atoms with E-state index in [0.29, 0.717) is 0 Å². The normalized spacial score (nSPS) is 29.5. The molecule has 4 heteroatoms. The standard InChI is InChI=1S/C8H19NO2Si/c1-3-4-5-8-12(10-2)9-6-7-11-12/h9H,3-8H2,1-2H3. The van der Waals surface area contributed by atoms with Crippen LogP contribution in [0.2, 0.25) is 6.04 Å². The molecule has 0 radical (unpaired) electrons. The minimum atomic E-state index is -1.89. The molecule has 1 N–H and O–H groups in total. The van der Waals surface area contributed by atoms with Crippen molar-refractivity contribution in [3.8, 4) is 0 Å². The number of rotatable bonds is 5. The summed E-state index contributed by atoms with van der Waals surface area (Å²) in [6.45, 7) is 4.00. The third-order valence-corrected chi connectivity index (χ3v) is 5.40. The summed E-state index contributed by atoms with van der Waals surface area (Å²) >= 11 is 0. The molecule has 1 aliphatic heterocycles. The highest BCUT2D eigenvalue weighted by molar-refractivity contribution is 6.65. The molecule has 0 spiro atoms. The summed E-state index contributed by atoms with van der Waals surface area (Å²) in [6, 6.07) is 1.09. The highest BCUT2D eigenvalue weighted by Gasteiger charge is 2.40. The molecule has 1 rings (SSSR count). The van der Waals surface area contributed by atoms with Gasteiger partial charge in [0.1, 0.15) is 0 Å². The van der Waals surface area contributed by atoms with Crippen LogP contribution in [0, 0.1) is 0 Å². The largest absolute Gasteiger partial charge is 0.424 e. The van der Waals surface area contributed by atoms with Crippen LogP contribution < -0.4 is 4.98 Å². The van der Waals surface area contributed by atoms with E-state index >= 15 is 0 Å². The zero-order chi connectivity index (χ0) is 8.86. The molecule has 0 aliphatic carbocycles. The molecule has 0 aromatic rings. The smallest absolute Gasteiger partial charge is 0.386 e. The van der Waals surface area contributed by atoms with Gasteiger partial charge in [-0.1, -0.05) is 19.8 Å². The van der Waals surface area contributed by atoms with E-state index < -0.39 is 8.72 Å². The zero-order valence-corrected chi connectivity index (χ0v) is 9.06. The molecule has 0 aromatic heterocycles. The van der Waals surface area contributed by atoms with Gasteiger partial charge in [0.05, 0.1) is 0 Å². The molecule has 3 nitrogen and oxygen atoms in total. The first kappa shape index (κ1) is 10.2. The Morgan fingerprint density at radius 1 is 1.50 bits per heavy atom. The van der Waals surface area contributed by atoms with Crippen LogP contribution in [0.1, 0.15) is 26.2 Å². The Kier molecular flexibility index (Phi) is 4.21. The molecule has 1 fully saturated rings. The lowest BCUT2D eigenvalue weighted by Gasteiger charge is -2.21. The fourth-order valence-corrected chi connectivity index (χ4v) is 4.03. The second-order valence-corrected chi connectivity index (χ2v) is 6.25. The first-order chi connectivity index (χ1) is 5.83. The van der Waals surface area contributed by atoms with Crippen molar-refractivity contribution in [2.24, 2.45) is 0 Å². The number of unbranched alkanes of at least 4 members (excludes halogenated alkanes) is 2. The lowest BCUT2D eigenvalue weighted by Crippen LogP contribution is -2.49. The zero-order valence-electron chi connectivity index (χ0n) is 8.06. The van der Waals surface area contributed by atoms with E-state index in [-0.39, 0.29) is 0 Å². The molecule has 0 aromatic carbocycles. The van der Waals surface area contributed by atoms with Crippen molar-refractivity contribution < 1.29 is 8.85 Å². The fourth-order valence-electron chi connectivity index (χ4n) is 1.51. The van der Waals surface area contributed by atoms with Crippen molar-refractivity contribution in [2.75, 3.05) is 20.3 Å². The van der Waals surface area contributed by atoms with Gasteiger partial charge in [-0.05, 0) is 6.42 Å². The SMILES string of the molecule is CCCCC[Si]1(OC)NCCO1. The highest BCUT2D eigenvalue weighted by atomic mass is 28.4. The van der Waals surface area contributed by atoms with Crippen molar-refractivity contribution in [1.29, 1.82) is 0 Å². The van der Waals surface area contributed by atoms with Crippen molar-refractivity contribution >= 4 is 8.72 Å². The summed E-state index contributed by atoms with van der Waals surface area (Å²) < 4.78 is 11.1. The predicted molar refractivity (Wildman–Crippen MR) is 51.0 cm³/mol. The van der Waals surface area contributed by atoms with Gasteiger partial charge in [0.25, 0.3) is 0 Å². The van der Waals surface area contributed by atoms with Crippen LogP contribution in [-0.2, 0) is 8.85 Å². The average Bonchev–Trinajstić information content (AvgIpc) is 2.55. The van der Waals surface area contributed by atoms with Crippen LogP contribution in [0.3, 0.4) is 0 Å². The maximum atomic E-state index is 5.64. The minimum absolute atomic E-state index is 0.826. The van der Waals surface area contributed by atoms with E-state index in [4.69, 9.17) is 8.85 Å². The van der Waals surface area contributed by atoms with Gasteiger partial charge in [0.15, 0.2) is 0 Å². The van der Waals surface area contributed by atoms with Crippen molar-refractivity contribution in [3.05, 3.63) is 0 Å². The van der Waals surface area contributed by atoms with Gasteiger partial charge in [0.2, 0.25) is 0 Å². The minimum Gasteiger partial charge on any atom is -0.386 e. The van der Waals surface area contributed by atoms with Crippen LogP contribution in [0.15, 0.2) is 0 Å². The first-order valence-electron chi connectivity index (χ1n) is 4.77. The quantitative estimate of drug-likeness (QED) is 0.523. The molecule has 0 saturated carbocycles. The maximum Gasteiger partial charge on any atom is 0.424 e. The molecule has 72 valence electrons. The molecular formula is C8H19NO2Si. The first-order valence-corrected chi connectivity index (χ1v) is 6.79. The van der Waals surface area contributed by atoms with Crippen molar-refractivity contribution in [1.82, 2.24) is 4.98 Å². The van der Waals surface area contributed by atoms with Gasteiger partial charge in [-0.25, -0.2) is 0 Å². The second kappa shape index (κ2) is 4.96. The Balaban J connectivity index is 2.24. The lowest BCUT2D eigenvalue weighted by atomic mass is 10.3. The molecule has 0 amide bonds. The Morgan fingerprint density at radius 2 is 2.33 bits per heavy atom. The van der Waals surface area contributed by atoms with E-state index in [0.717, 1.165) is 19.2 Å². The number of hydrogen-bond donors (Lipinski definition) is 1. The summed E-state index contributed by atoms with van der Waals surface area (Å²) in [7, 11) is -0.133. The van der Waals surface area contributed by atoms with Crippen LogP contribution >= 0.6 is 0 Å². The van der Waals surface area contributed by atoms with Crippen molar-refractivity contribution in [3.63, 3.8) is 0 Å². The second-order valence-electron chi connectivity index (χ2n) is 3.19. The van der Waals surface area contributed by atoms with E-state index in [1.807, 2.05) is 0 Å². The molecule has 1 aliphatic rings. The Bertz CT molecular complexity index is 126. The van der Waals surface area contributed by atoms with E-state index in [1.54, 1.807) is 7.11 Å². The Labute approximate surface area is 75.8 Å². The van der Waals surface area contributed by atoms with Crippen LogP contribution in [0.4, 0.5) is 0 Å². The molecule has 1 atom stereocenters. The average molecular weight is 189 g/mol. The predicted octanol–water partition coefficient (Wildman–Crippen LogP) is 1.38. The molecule has 0 bridgehead atoms. The fraction of sp³-hybridized carbons (Fsp3) is 1.00. The molecule has 1 heterocycles. The summed E-state index contributed by atoms with van der Waals surface area (Å²) in [6.07, 6.45) is 3.76. The van der Waals surface area contributed by atoms with E-state index in [9.17, 15) is 0 Å². The topological polar surface area (TPSA) is 30.5 Å². The van der Waals surface area contributed by atoms with Gasteiger partial charge in [0, 0.05) is 26.3 Å². The van der Waals surface area contributed by atoms with Crippen LogP contribution in [-0.4, -0.2) is 29.0 Å². The van der Waals surface area contributed by atoms with E-state index in [1.165, 1.54) is 19.3 Å².